The lowest BCUT2D eigenvalue weighted by atomic mass is 10.3. The van der Waals surface area contributed by atoms with Crippen molar-refractivity contribution in [3.63, 3.8) is 0 Å². The van der Waals surface area contributed by atoms with E-state index in [0.717, 1.165) is 10.0 Å². The first-order chi connectivity index (χ1) is 8.13. The van der Waals surface area contributed by atoms with E-state index >= 15 is 0 Å². The van der Waals surface area contributed by atoms with Crippen molar-refractivity contribution >= 4 is 21.8 Å². The van der Waals surface area contributed by atoms with E-state index < -0.39 is 0 Å². The number of carbonyl (C=O) groups excluding carboxylic acids is 1. The average Bonchev–Trinajstić information content (AvgIpc) is 2.85. The van der Waals surface area contributed by atoms with Gasteiger partial charge in [0.2, 0.25) is 5.91 Å². The van der Waals surface area contributed by atoms with E-state index in [2.05, 4.69) is 31.4 Å². The zero-order valence-corrected chi connectivity index (χ0v) is 10.9. The predicted molar refractivity (Wildman–Crippen MR) is 65.0 cm³/mol. The molecule has 2 heterocycles. The highest BCUT2D eigenvalue weighted by molar-refractivity contribution is 9.10. The molecule has 2 aromatic rings. The molecule has 6 nitrogen and oxygen atoms in total. The van der Waals surface area contributed by atoms with Gasteiger partial charge in [0, 0.05) is 31.5 Å². The van der Waals surface area contributed by atoms with Crippen LogP contribution in [-0.4, -0.2) is 25.5 Å². The lowest BCUT2D eigenvalue weighted by Gasteiger charge is -2.03. The Hall–Kier alpha value is -1.63. The van der Waals surface area contributed by atoms with Crippen LogP contribution < -0.4 is 5.32 Å². The third kappa shape index (κ3) is 3.42. The Morgan fingerprint density at radius 1 is 1.41 bits per heavy atom. The number of aromatic nitrogens is 4. The van der Waals surface area contributed by atoms with Crippen LogP contribution in [0.15, 0.2) is 29.3 Å². The third-order valence-corrected chi connectivity index (χ3v) is 2.56. The molecule has 0 spiro atoms. The molecule has 0 bridgehead atoms. The fourth-order valence-electron chi connectivity index (χ4n) is 1.39. The largest absolute Gasteiger partial charge is 0.350 e. The number of aryl methyl sites for hydroxylation is 1. The number of nitrogens with one attached hydrogen (secondary N) is 1. The molecule has 0 saturated heterocycles. The van der Waals surface area contributed by atoms with Gasteiger partial charge in [0.05, 0.1) is 16.9 Å². The minimum absolute atomic E-state index is 0.0792. The van der Waals surface area contributed by atoms with Crippen LogP contribution in [0.25, 0.3) is 0 Å². The number of nitrogens with zero attached hydrogens (tertiary/aromatic N) is 4. The average molecular weight is 298 g/mol. The maximum absolute atomic E-state index is 11.6. The van der Waals surface area contributed by atoms with E-state index in [1.807, 2.05) is 13.2 Å². The zero-order valence-electron chi connectivity index (χ0n) is 9.30. The highest BCUT2D eigenvalue weighted by atomic mass is 79.9. The summed E-state index contributed by atoms with van der Waals surface area (Å²) >= 11 is 3.27. The number of carbonyl (C=O) groups is 1. The molecule has 0 aromatic carbocycles. The van der Waals surface area contributed by atoms with Gasteiger partial charge in [-0.1, -0.05) is 0 Å². The van der Waals surface area contributed by atoms with E-state index in [0.29, 0.717) is 6.54 Å². The maximum Gasteiger partial charge on any atom is 0.242 e. The molecule has 2 rings (SSSR count). The molecular weight excluding hydrogens is 286 g/mol. The first-order valence-electron chi connectivity index (χ1n) is 5.05. The standard InChI is InChI=1S/C10H12BrN5O/c1-15-5-8(3-13-15)2-12-10(17)7-16-6-9(11)4-14-16/h3-6H,2,7H2,1H3,(H,12,17). The Morgan fingerprint density at radius 2 is 2.24 bits per heavy atom. The van der Waals surface area contributed by atoms with E-state index in [4.69, 9.17) is 0 Å². The van der Waals surface area contributed by atoms with Crippen molar-refractivity contribution in [3.8, 4) is 0 Å². The first kappa shape index (κ1) is 11.8. The number of halogens is 1. The monoisotopic (exact) mass is 297 g/mol. The Bertz CT molecular complexity index is 518. The van der Waals surface area contributed by atoms with Gasteiger partial charge in [-0.15, -0.1) is 0 Å². The van der Waals surface area contributed by atoms with Crippen molar-refractivity contribution in [2.45, 2.75) is 13.1 Å². The highest BCUT2D eigenvalue weighted by Crippen LogP contribution is 2.05. The smallest absolute Gasteiger partial charge is 0.242 e. The van der Waals surface area contributed by atoms with Crippen molar-refractivity contribution in [2.75, 3.05) is 0 Å². The normalized spacial score (nSPS) is 10.5. The Balaban J connectivity index is 1.82. The second kappa shape index (κ2) is 5.13. The quantitative estimate of drug-likeness (QED) is 0.903. The number of amides is 1. The summed E-state index contributed by atoms with van der Waals surface area (Å²) in [7, 11) is 1.84. The molecule has 0 radical (unpaired) electrons. The lowest BCUT2D eigenvalue weighted by Crippen LogP contribution is -2.27. The van der Waals surface area contributed by atoms with Crippen LogP contribution in [0.3, 0.4) is 0 Å². The van der Waals surface area contributed by atoms with Crippen molar-refractivity contribution in [1.82, 2.24) is 24.9 Å². The molecule has 0 aliphatic carbocycles. The molecule has 90 valence electrons. The summed E-state index contributed by atoms with van der Waals surface area (Å²) in [5.41, 5.74) is 0.975. The van der Waals surface area contributed by atoms with Gasteiger partial charge in [-0.3, -0.25) is 14.2 Å². The van der Waals surface area contributed by atoms with Crippen LogP contribution in [0.2, 0.25) is 0 Å². The summed E-state index contributed by atoms with van der Waals surface area (Å²) < 4.78 is 4.13. The predicted octanol–water partition coefficient (Wildman–Crippen LogP) is 0.695. The van der Waals surface area contributed by atoms with Crippen molar-refractivity contribution in [1.29, 1.82) is 0 Å². The van der Waals surface area contributed by atoms with Crippen LogP contribution in [0.1, 0.15) is 5.56 Å². The first-order valence-corrected chi connectivity index (χ1v) is 5.85. The van der Waals surface area contributed by atoms with Crippen LogP contribution in [0.4, 0.5) is 0 Å². The van der Waals surface area contributed by atoms with Gasteiger partial charge in [-0.05, 0) is 15.9 Å². The topological polar surface area (TPSA) is 64.7 Å². The van der Waals surface area contributed by atoms with Crippen molar-refractivity contribution < 1.29 is 4.79 Å². The zero-order chi connectivity index (χ0) is 12.3. The second-order valence-corrected chi connectivity index (χ2v) is 4.57. The van der Waals surface area contributed by atoms with Gasteiger partial charge in [-0.2, -0.15) is 10.2 Å². The summed E-state index contributed by atoms with van der Waals surface area (Å²) in [6.07, 6.45) is 6.99. The molecule has 0 saturated carbocycles. The van der Waals surface area contributed by atoms with Crippen LogP contribution in [-0.2, 0) is 24.9 Å². The SMILES string of the molecule is Cn1cc(CNC(=O)Cn2cc(Br)cn2)cn1. The molecule has 17 heavy (non-hydrogen) atoms. The van der Waals surface area contributed by atoms with E-state index in [1.165, 1.54) is 0 Å². The lowest BCUT2D eigenvalue weighted by molar-refractivity contribution is -0.122. The highest BCUT2D eigenvalue weighted by Gasteiger charge is 2.04. The minimum atomic E-state index is -0.0792. The maximum atomic E-state index is 11.6. The van der Waals surface area contributed by atoms with E-state index in [9.17, 15) is 4.79 Å². The Kier molecular flexibility index (Phi) is 3.58. The van der Waals surface area contributed by atoms with Crippen LogP contribution in [0, 0.1) is 0 Å². The summed E-state index contributed by atoms with van der Waals surface area (Å²) in [6.45, 7) is 0.695. The molecular formula is C10H12BrN5O. The van der Waals surface area contributed by atoms with Crippen LogP contribution in [0.5, 0.6) is 0 Å². The summed E-state index contributed by atoms with van der Waals surface area (Å²) in [5.74, 6) is -0.0792. The molecule has 7 heteroatoms. The molecule has 2 aromatic heterocycles. The molecule has 1 N–H and O–H groups in total. The van der Waals surface area contributed by atoms with E-state index in [-0.39, 0.29) is 12.5 Å². The molecule has 0 aliphatic heterocycles. The molecule has 1 amide bonds. The summed E-state index contributed by atoms with van der Waals surface area (Å²) in [5, 5.41) is 10.8. The Morgan fingerprint density at radius 3 is 2.82 bits per heavy atom. The van der Waals surface area contributed by atoms with Crippen molar-refractivity contribution in [2.24, 2.45) is 7.05 Å². The fraction of sp³-hybridized carbons (Fsp3) is 0.300. The van der Waals surface area contributed by atoms with E-state index in [1.54, 1.807) is 28.0 Å². The third-order valence-electron chi connectivity index (χ3n) is 2.16. The molecule has 0 aliphatic rings. The minimum Gasteiger partial charge on any atom is -0.350 e. The molecule has 0 fully saturated rings. The summed E-state index contributed by atoms with van der Waals surface area (Å²) in [6, 6.07) is 0. The molecule has 0 atom stereocenters. The number of hydrogen-bond donors (Lipinski definition) is 1. The number of hydrogen-bond acceptors (Lipinski definition) is 3. The summed E-state index contributed by atoms with van der Waals surface area (Å²) in [4.78, 5) is 11.6. The van der Waals surface area contributed by atoms with Crippen LogP contribution >= 0.6 is 15.9 Å². The van der Waals surface area contributed by atoms with Gasteiger partial charge in [-0.25, -0.2) is 0 Å². The van der Waals surface area contributed by atoms with Gasteiger partial charge >= 0.3 is 0 Å². The van der Waals surface area contributed by atoms with Gasteiger partial charge in [0.1, 0.15) is 6.54 Å². The molecule has 0 unspecified atom stereocenters. The van der Waals surface area contributed by atoms with Gasteiger partial charge in [0.25, 0.3) is 0 Å². The van der Waals surface area contributed by atoms with Crippen molar-refractivity contribution in [3.05, 3.63) is 34.8 Å². The van der Waals surface area contributed by atoms with Gasteiger partial charge in [0.15, 0.2) is 0 Å². The number of rotatable bonds is 4. The fourth-order valence-corrected chi connectivity index (χ4v) is 1.72. The van der Waals surface area contributed by atoms with Gasteiger partial charge < -0.3 is 5.32 Å². The second-order valence-electron chi connectivity index (χ2n) is 3.66. The Labute approximate surface area is 107 Å².